The number of rotatable bonds is 5. The highest BCUT2D eigenvalue weighted by Gasteiger charge is 2.45. The molecule has 0 radical (unpaired) electrons. The van der Waals surface area contributed by atoms with Crippen molar-refractivity contribution in [2.45, 2.75) is 25.9 Å². The van der Waals surface area contributed by atoms with E-state index in [0.29, 0.717) is 0 Å². The van der Waals surface area contributed by atoms with Crippen LogP contribution in [0.5, 0.6) is 0 Å². The molecule has 1 heterocycles. The van der Waals surface area contributed by atoms with Crippen molar-refractivity contribution in [3.63, 3.8) is 0 Å². The molecule has 1 aliphatic rings. The van der Waals surface area contributed by atoms with E-state index in [1.165, 1.54) is 5.56 Å². The first-order chi connectivity index (χ1) is 11.2. The van der Waals surface area contributed by atoms with E-state index in [1.807, 2.05) is 36.4 Å². The summed E-state index contributed by atoms with van der Waals surface area (Å²) < 4.78 is 16.5. The molecule has 0 aromatic heterocycles. The van der Waals surface area contributed by atoms with Gasteiger partial charge in [-0.1, -0.05) is 80.6 Å². The third-order valence-corrected chi connectivity index (χ3v) is 8.60. The van der Waals surface area contributed by atoms with Gasteiger partial charge in [-0.05, 0) is 17.5 Å². The van der Waals surface area contributed by atoms with Gasteiger partial charge in [-0.3, -0.25) is 0 Å². The average molecular weight is 325 g/mol. The quantitative estimate of drug-likeness (QED) is 0.648. The number of hydrogen-bond acceptors (Lipinski definition) is 1. The van der Waals surface area contributed by atoms with E-state index in [1.54, 1.807) is 0 Å². The molecule has 1 aliphatic heterocycles. The molecular formula is C20H24NOP. The molecule has 0 spiro atoms. The minimum Gasteiger partial charge on any atom is -0.301 e. The third kappa shape index (κ3) is 2.82. The summed E-state index contributed by atoms with van der Waals surface area (Å²) in [4.78, 5) is 0. The van der Waals surface area contributed by atoms with Gasteiger partial charge in [0.2, 0.25) is 0 Å². The van der Waals surface area contributed by atoms with Crippen LogP contribution in [0.25, 0.3) is 5.31 Å². The van der Waals surface area contributed by atoms with Gasteiger partial charge in [-0.2, -0.15) is 0 Å². The van der Waals surface area contributed by atoms with E-state index in [9.17, 15) is 4.57 Å². The number of hydrogen-bond donors (Lipinski definition) is 0. The van der Waals surface area contributed by atoms with E-state index in [0.717, 1.165) is 30.4 Å². The maximum Gasteiger partial charge on any atom is 0.186 e. The highest BCUT2D eigenvalue weighted by molar-refractivity contribution is 7.72. The fourth-order valence-corrected chi connectivity index (χ4v) is 7.31. The van der Waals surface area contributed by atoms with Crippen LogP contribution < -0.4 is 0 Å². The molecule has 3 heteroatoms. The zero-order valence-corrected chi connectivity index (χ0v) is 14.7. The van der Waals surface area contributed by atoms with Gasteiger partial charge < -0.3 is 4.57 Å². The first-order valence-electron chi connectivity index (χ1n) is 8.38. The summed E-state index contributed by atoms with van der Waals surface area (Å²) in [6, 6.07) is 20.6. The molecule has 0 unspecified atom stereocenters. The van der Waals surface area contributed by atoms with Gasteiger partial charge in [-0.15, -0.1) is 0 Å². The van der Waals surface area contributed by atoms with Gasteiger partial charge in [0.25, 0.3) is 0 Å². The van der Waals surface area contributed by atoms with E-state index in [2.05, 4.69) is 48.9 Å². The van der Waals surface area contributed by atoms with Crippen molar-refractivity contribution < 1.29 is 4.57 Å². The molecule has 120 valence electrons. The van der Waals surface area contributed by atoms with Gasteiger partial charge in [0.1, 0.15) is 0 Å². The lowest BCUT2D eigenvalue weighted by molar-refractivity contribution is 0.444. The summed E-state index contributed by atoms with van der Waals surface area (Å²) in [6.07, 6.45) is 3.05. The smallest absolute Gasteiger partial charge is 0.186 e. The number of allylic oxidation sites excluding steroid dienone is 1. The summed E-state index contributed by atoms with van der Waals surface area (Å²) in [7, 11) is -2.65. The maximum atomic E-state index is 14.3. The van der Waals surface area contributed by atoms with Crippen LogP contribution in [-0.4, -0.2) is 17.8 Å². The molecule has 2 nitrogen and oxygen atoms in total. The second kappa shape index (κ2) is 6.86. The third-order valence-electron chi connectivity index (χ3n) is 4.71. The van der Waals surface area contributed by atoms with Crippen LogP contribution in [0.4, 0.5) is 0 Å². The average Bonchev–Trinajstić information content (AvgIpc) is 2.95. The second-order valence-corrected chi connectivity index (χ2v) is 8.80. The van der Waals surface area contributed by atoms with Crippen LogP contribution in [0.2, 0.25) is 0 Å². The topological polar surface area (TPSA) is 20.3 Å². The predicted molar refractivity (Wildman–Crippen MR) is 98.7 cm³/mol. The summed E-state index contributed by atoms with van der Waals surface area (Å²) in [5, 5.41) is 1.04. The molecule has 0 aliphatic carbocycles. The van der Waals surface area contributed by atoms with Crippen LogP contribution in [0.3, 0.4) is 0 Å². The lowest BCUT2D eigenvalue weighted by Gasteiger charge is -2.34. The molecule has 0 amide bonds. The maximum absolute atomic E-state index is 14.3. The lowest BCUT2D eigenvalue weighted by Crippen LogP contribution is -2.22. The summed E-state index contributed by atoms with van der Waals surface area (Å²) in [5.41, 5.74) is 2.35. The minimum absolute atomic E-state index is 0.0683. The summed E-state index contributed by atoms with van der Waals surface area (Å²) >= 11 is 0. The van der Waals surface area contributed by atoms with Crippen LogP contribution >= 0.6 is 7.29 Å². The van der Waals surface area contributed by atoms with E-state index in [-0.39, 0.29) is 5.66 Å². The van der Waals surface area contributed by atoms with Crippen molar-refractivity contribution in [2.75, 3.05) is 13.1 Å². The van der Waals surface area contributed by atoms with Gasteiger partial charge in [0.05, 0.1) is 5.66 Å². The Balaban J connectivity index is 2.10. The molecular weight excluding hydrogens is 301 g/mol. The molecule has 23 heavy (non-hydrogen) atoms. The molecule has 0 N–H and O–H groups in total. The Morgan fingerprint density at radius 1 is 0.957 bits per heavy atom. The Labute approximate surface area is 139 Å². The van der Waals surface area contributed by atoms with E-state index < -0.39 is 7.29 Å². The summed E-state index contributed by atoms with van der Waals surface area (Å²) in [6.45, 7) is 5.82. The lowest BCUT2D eigenvalue weighted by atomic mass is 10.1. The Morgan fingerprint density at radius 2 is 1.52 bits per heavy atom. The van der Waals surface area contributed by atoms with Gasteiger partial charge in [0.15, 0.2) is 7.29 Å². The van der Waals surface area contributed by atoms with Crippen molar-refractivity contribution in [1.82, 2.24) is 4.67 Å². The standard InChI is InChI=1S/C20H24NOP/c1-3-21(4-2)23(22)19(17-11-7-5-8-12-17)15-16-20(23)18-13-9-6-10-14-18/h5-15,20H,3-4,16H2,1-2H3/t20-,23+/m0/s1. The van der Waals surface area contributed by atoms with Crippen LogP contribution in [0.1, 0.15) is 37.1 Å². The van der Waals surface area contributed by atoms with E-state index >= 15 is 0 Å². The first-order valence-corrected chi connectivity index (χ1v) is 10.1. The largest absolute Gasteiger partial charge is 0.301 e. The van der Waals surface area contributed by atoms with Crippen LogP contribution in [-0.2, 0) is 4.57 Å². The molecule has 0 fully saturated rings. The Kier molecular flexibility index (Phi) is 4.84. The Bertz CT molecular complexity index is 720. The SMILES string of the molecule is CCN(CC)[P@@]1(=O)C(c2ccccc2)=CC[C@H]1c1ccccc1. The van der Waals surface area contributed by atoms with Gasteiger partial charge in [0, 0.05) is 18.4 Å². The van der Waals surface area contributed by atoms with Crippen LogP contribution in [0.15, 0.2) is 66.7 Å². The number of benzene rings is 2. The second-order valence-electron chi connectivity index (χ2n) is 5.88. The van der Waals surface area contributed by atoms with Crippen LogP contribution in [0, 0.1) is 0 Å². The van der Waals surface area contributed by atoms with Gasteiger partial charge >= 0.3 is 0 Å². The summed E-state index contributed by atoms with van der Waals surface area (Å²) in [5.74, 6) is 0. The zero-order chi connectivity index (χ0) is 16.3. The van der Waals surface area contributed by atoms with Crippen molar-refractivity contribution in [3.8, 4) is 0 Å². The van der Waals surface area contributed by atoms with E-state index in [4.69, 9.17) is 0 Å². The Hall–Kier alpha value is -1.63. The van der Waals surface area contributed by atoms with Crippen molar-refractivity contribution in [3.05, 3.63) is 77.9 Å². The zero-order valence-electron chi connectivity index (χ0n) is 13.9. The molecule has 0 saturated carbocycles. The molecule has 3 rings (SSSR count). The molecule has 2 aromatic carbocycles. The monoisotopic (exact) mass is 325 g/mol. The fourth-order valence-electron chi connectivity index (χ4n) is 3.58. The molecule has 0 saturated heterocycles. The first kappa shape index (κ1) is 16.2. The van der Waals surface area contributed by atoms with Gasteiger partial charge in [-0.25, -0.2) is 4.67 Å². The minimum atomic E-state index is -2.65. The number of nitrogens with zero attached hydrogens (tertiary/aromatic N) is 1. The van der Waals surface area contributed by atoms with Crippen molar-refractivity contribution in [1.29, 1.82) is 0 Å². The molecule has 2 atom stereocenters. The highest BCUT2D eigenvalue weighted by atomic mass is 31.2. The fraction of sp³-hybridized carbons (Fsp3) is 0.300. The normalized spacial score (nSPS) is 24.0. The van der Waals surface area contributed by atoms with Crippen molar-refractivity contribution in [2.24, 2.45) is 0 Å². The molecule has 0 bridgehead atoms. The molecule has 2 aromatic rings. The Morgan fingerprint density at radius 3 is 2.09 bits per heavy atom. The highest BCUT2D eigenvalue weighted by Crippen LogP contribution is 2.75. The van der Waals surface area contributed by atoms with Crippen molar-refractivity contribution >= 4 is 12.6 Å². The predicted octanol–water partition coefficient (Wildman–Crippen LogP) is 5.79.